The number of fused-ring (bicyclic) bond motifs is 3. The number of aromatic nitrogens is 2. The molecule has 7 rings (SSSR count). The Balaban J connectivity index is 0.000000191. The van der Waals surface area contributed by atoms with Crippen molar-refractivity contribution in [3.8, 4) is 33.6 Å². The van der Waals surface area contributed by atoms with Gasteiger partial charge in [-0.3, -0.25) is 0 Å². The molecule has 0 saturated carbocycles. The van der Waals surface area contributed by atoms with Gasteiger partial charge in [-0.15, -0.1) is 54.1 Å². The Morgan fingerprint density at radius 3 is 2.13 bits per heavy atom. The molecular formula is C34H22IrN2O-2. The molecular weight excluding hydrogens is 645 g/mol. The van der Waals surface area contributed by atoms with Crippen molar-refractivity contribution in [2.75, 3.05) is 0 Å². The summed E-state index contributed by atoms with van der Waals surface area (Å²) in [4.78, 5) is 8.87. The smallest absolute Gasteiger partial charge is 0.120 e. The summed E-state index contributed by atoms with van der Waals surface area (Å²) >= 11 is 0. The van der Waals surface area contributed by atoms with E-state index in [9.17, 15) is 0 Å². The Labute approximate surface area is 235 Å². The number of para-hydroxylation sites is 1. The van der Waals surface area contributed by atoms with Gasteiger partial charge in [-0.2, -0.15) is 0 Å². The molecule has 4 heteroatoms. The fraction of sp³-hybridized carbons (Fsp3) is 0. The fourth-order valence-corrected chi connectivity index (χ4v) is 4.30. The van der Waals surface area contributed by atoms with Crippen LogP contribution in [0.2, 0.25) is 0 Å². The number of furan rings is 1. The van der Waals surface area contributed by atoms with Crippen LogP contribution in [0, 0.1) is 12.1 Å². The van der Waals surface area contributed by atoms with E-state index < -0.39 is 0 Å². The zero-order chi connectivity index (χ0) is 24.9. The molecule has 0 N–H and O–H groups in total. The second-order valence-corrected chi connectivity index (χ2v) is 8.48. The minimum atomic E-state index is 0. The largest absolute Gasteiger partial charge is 0.501 e. The normalized spacial score (nSPS) is 10.4. The number of nitrogens with zero attached hydrogens (tertiary/aromatic N) is 2. The van der Waals surface area contributed by atoms with Gasteiger partial charge >= 0.3 is 0 Å². The molecule has 0 aliphatic heterocycles. The summed E-state index contributed by atoms with van der Waals surface area (Å²) in [5, 5.41) is 2.21. The van der Waals surface area contributed by atoms with Crippen molar-refractivity contribution < 1.29 is 24.5 Å². The molecule has 0 atom stereocenters. The van der Waals surface area contributed by atoms with Crippen molar-refractivity contribution in [3.05, 3.63) is 146 Å². The summed E-state index contributed by atoms with van der Waals surface area (Å²) in [6.45, 7) is 0. The van der Waals surface area contributed by atoms with E-state index in [-0.39, 0.29) is 20.1 Å². The van der Waals surface area contributed by atoms with Crippen molar-refractivity contribution in [1.29, 1.82) is 0 Å². The number of hydrogen-bond acceptors (Lipinski definition) is 3. The van der Waals surface area contributed by atoms with Crippen molar-refractivity contribution in [2.45, 2.75) is 0 Å². The first-order chi connectivity index (χ1) is 18.4. The zero-order valence-corrected chi connectivity index (χ0v) is 22.7. The van der Waals surface area contributed by atoms with Crippen molar-refractivity contribution >= 4 is 21.9 Å². The molecule has 3 heterocycles. The third-order valence-electron chi connectivity index (χ3n) is 6.12. The Morgan fingerprint density at radius 2 is 1.37 bits per heavy atom. The molecule has 0 spiro atoms. The maximum atomic E-state index is 6.08. The van der Waals surface area contributed by atoms with Crippen molar-refractivity contribution in [3.63, 3.8) is 0 Å². The van der Waals surface area contributed by atoms with E-state index in [1.54, 1.807) is 6.20 Å². The molecule has 3 aromatic heterocycles. The molecule has 1 radical (unpaired) electrons. The molecule has 0 bridgehead atoms. The number of hydrogen-bond donors (Lipinski definition) is 0. The Hall–Kier alpha value is -4.37. The van der Waals surface area contributed by atoms with Crippen LogP contribution in [0.3, 0.4) is 0 Å². The molecule has 3 nitrogen and oxygen atoms in total. The van der Waals surface area contributed by atoms with Crippen molar-refractivity contribution in [2.24, 2.45) is 0 Å². The third kappa shape index (κ3) is 5.33. The summed E-state index contributed by atoms with van der Waals surface area (Å²) < 4.78 is 6.08. The van der Waals surface area contributed by atoms with Gasteiger partial charge in [0.05, 0.1) is 5.58 Å². The molecule has 185 valence electrons. The van der Waals surface area contributed by atoms with Crippen LogP contribution in [0.1, 0.15) is 0 Å². The van der Waals surface area contributed by atoms with Gasteiger partial charge in [-0.25, -0.2) is 0 Å². The van der Waals surface area contributed by atoms with Gasteiger partial charge < -0.3 is 14.4 Å². The van der Waals surface area contributed by atoms with E-state index in [4.69, 9.17) is 4.42 Å². The fourth-order valence-electron chi connectivity index (χ4n) is 4.30. The first-order valence-corrected chi connectivity index (χ1v) is 12.1. The Kier molecular flexibility index (Phi) is 7.84. The quantitative estimate of drug-likeness (QED) is 0.177. The zero-order valence-electron chi connectivity index (χ0n) is 20.3. The van der Waals surface area contributed by atoms with E-state index in [2.05, 4.69) is 46.4 Å². The molecule has 38 heavy (non-hydrogen) atoms. The Morgan fingerprint density at radius 1 is 0.553 bits per heavy atom. The van der Waals surface area contributed by atoms with Crippen LogP contribution in [0.15, 0.2) is 138 Å². The van der Waals surface area contributed by atoms with Crippen LogP contribution in [-0.4, -0.2) is 9.97 Å². The molecule has 0 unspecified atom stereocenters. The van der Waals surface area contributed by atoms with Crippen LogP contribution in [0.5, 0.6) is 0 Å². The number of pyridine rings is 2. The van der Waals surface area contributed by atoms with Gasteiger partial charge in [0, 0.05) is 37.9 Å². The van der Waals surface area contributed by atoms with Crippen LogP contribution < -0.4 is 0 Å². The Bertz CT molecular complexity index is 1710. The van der Waals surface area contributed by atoms with Gasteiger partial charge in [0.1, 0.15) is 5.58 Å². The number of rotatable bonds is 3. The number of benzene rings is 4. The minimum Gasteiger partial charge on any atom is -0.501 e. The van der Waals surface area contributed by atoms with Gasteiger partial charge in [0.15, 0.2) is 0 Å². The standard InChI is InChI=1S/C23H14NO.C11H8N.Ir/c1-2-7-16(8-3-1)17-13-14-21(24-15-17)20-11-6-10-19-18-9-4-5-12-22(18)25-23(19)20;1-2-6-10(7-3-1)11-8-4-5-9-12-11;/h1-10,12-15H;1-6,8-9H;/q2*-1;. The molecule has 7 aromatic rings. The molecule has 0 saturated heterocycles. The van der Waals surface area contributed by atoms with Gasteiger partial charge in [0.2, 0.25) is 0 Å². The minimum absolute atomic E-state index is 0. The van der Waals surface area contributed by atoms with E-state index in [0.29, 0.717) is 0 Å². The first kappa shape index (κ1) is 25.3. The summed E-state index contributed by atoms with van der Waals surface area (Å²) in [7, 11) is 0. The van der Waals surface area contributed by atoms with Gasteiger partial charge in [-0.1, -0.05) is 83.7 Å². The van der Waals surface area contributed by atoms with Gasteiger partial charge in [0.25, 0.3) is 0 Å². The predicted octanol–water partition coefficient (Wildman–Crippen LogP) is 8.66. The predicted molar refractivity (Wildman–Crippen MR) is 150 cm³/mol. The maximum Gasteiger partial charge on any atom is 0.120 e. The maximum absolute atomic E-state index is 6.08. The van der Waals surface area contributed by atoms with Crippen molar-refractivity contribution in [1.82, 2.24) is 9.97 Å². The van der Waals surface area contributed by atoms with Crippen LogP contribution in [-0.2, 0) is 20.1 Å². The van der Waals surface area contributed by atoms with E-state index in [1.807, 2.05) is 103 Å². The van der Waals surface area contributed by atoms with Crippen LogP contribution >= 0.6 is 0 Å². The molecule has 0 aliphatic rings. The third-order valence-corrected chi connectivity index (χ3v) is 6.12. The first-order valence-electron chi connectivity index (χ1n) is 12.1. The molecule has 0 fully saturated rings. The second-order valence-electron chi connectivity index (χ2n) is 8.48. The average Bonchev–Trinajstić information content (AvgIpc) is 3.38. The second kappa shape index (κ2) is 11.8. The van der Waals surface area contributed by atoms with Gasteiger partial charge in [-0.05, 0) is 34.6 Å². The topological polar surface area (TPSA) is 38.9 Å². The summed E-state index contributed by atoms with van der Waals surface area (Å²) in [6.07, 6.45) is 3.69. The summed E-state index contributed by atoms with van der Waals surface area (Å²) in [5.74, 6) is 0. The monoisotopic (exact) mass is 667 g/mol. The molecule has 0 amide bonds. The SMILES string of the molecule is [Ir].[c-]1ccc2c(oc3ccccc32)c1-c1ccc(-c2ccccc2)cn1.[c-]1ccccc1-c1ccccn1. The average molecular weight is 667 g/mol. The van der Waals surface area contributed by atoms with Crippen LogP contribution in [0.4, 0.5) is 0 Å². The van der Waals surface area contributed by atoms with E-state index in [1.165, 1.54) is 0 Å². The summed E-state index contributed by atoms with van der Waals surface area (Å²) in [5.41, 5.74) is 7.75. The molecule has 4 aromatic carbocycles. The summed E-state index contributed by atoms with van der Waals surface area (Å²) in [6, 6.07) is 46.6. The van der Waals surface area contributed by atoms with E-state index >= 15 is 0 Å². The van der Waals surface area contributed by atoms with E-state index in [0.717, 1.165) is 55.6 Å². The van der Waals surface area contributed by atoms with Crippen LogP contribution in [0.25, 0.3) is 55.6 Å². The molecule has 0 aliphatic carbocycles.